The molecule has 1 atom stereocenters. The third kappa shape index (κ3) is 4.19. The summed E-state index contributed by atoms with van der Waals surface area (Å²) in [6.45, 7) is 9.28. The number of halogens is 1. The Morgan fingerprint density at radius 3 is 2.59 bits per heavy atom. The molecule has 0 bridgehead atoms. The molecule has 1 aromatic carbocycles. The number of carbonyl (C=O) groups is 1. The lowest BCUT2D eigenvalue weighted by Crippen LogP contribution is -2.48. The van der Waals surface area contributed by atoms with Crippen LogP contribution in [-0.4, -0.2) is 43.0 Å². The average Bonchev–Trinajstić information content (AvgIpc) is 2.53. The van der Waals surface area contributed by atoms with E-state index in [9.17, 15) is 9.18 Å². The van der Waals surface area contributed by atoms with E-state index in [1.165, 1.54) is 0 Å². The highest BCUT2D eigenvalue weighted by Gasteiger charge is 2.21. The molecule has 5 heteroatoms. The fourth-order valence-corrected chi connectivity index (χ4v) is 2.61. The van der Waals surface area contributed by atoms with Crippen LogP contribution in [0.2, 0.25) is 0 Å². The molecule has 4 nitrogen and oxygen atoms in total. The third-order valence-electron chi connectivity index (χ3n) is 4.34. The molecule has 1 unspecified atom stereocenters. The first kappa shape index (κ1) is 16.7. The Kier molecular flexibility index (Phi) is 5.77. The topological polar surface area (TPSA) is 35.6 Å². The molecule has 1 heterocycles. The maximum Gasteiger partial charge on any atom is 0.219 e. The number of hydrogen-bond acceptors (Lipinski definition) is 3. The van der Waals surface area contributed by atoms with Gasteiger partial charge in [-0.2, -0.15) is 0 Å². The minimum atomic E-state index is -0.191. The second kappa shape index (κ2) is 7.58. The lowest BCUT2D eigenvalue weighted by atomic mass is 10.1. The Labute approximate surface area is 132 Å². The molecule has 1 N–H and O–H groups in total. The molecule has 1 fully saturated rings. The number of benzene rings is 1. The van der Waals surface area contributed by atoms with Gasteiger partial charge in [0.25, 0.3) is 0 Å². The summed E-state index contributed by atoms with van der Waals surface area (Å²) in [6.07, 6.45) is 1.07. The van der Waals surface area contributed by atoms with Crippen molar-refractivity contribution in [3.05, 3.63) is 29.6 Å². The van der Waals surface area contributed by atoms with Crippen LogP contribution in [0.5, 0.6) is 0 Å². The van der Waals surface area contributed by atoms with E-state index in [-0.39, 0.29) is 11.7 Å². The Morgan fingerprint density at radius 2 is 2.00 bits per heavy atom. The number of amides is 1. The van der Waals surface area contributed by atoms with Crippen LogP contribution < -0.4 is 10.2 Å². The summed E-state index contributed by atoms with van der Waals surface area (Å²) >= 11 is 0. The monoisotopic (exact) mass is 307 g/mol. The highest BCUT2D eigenvalue weighted by atomic mass is 19.1. The Hall–Kier alpha value is -1.62. The third-order valence-corrected chi connectivity index (χ3v) is 4.34. The summed E-state index contributed by atoms with van der Waals surface area (Å²) in [4.78, 5) is 15.2. The highest BCUT2D eigenvalue weighted by Crippen LogP contribution is 2.22. The number of piperazine rings is 1. The van der Waals surface area contributed by atoms with Crippen molar-refractivity contribution >= 4 is 11.6 Å². The first-order chi connectivity index (χ1) is 10.5. The smallest absolute Gasteiger partial charge is 0.219 e. The number of rotatable bonds is 5. The second-order valence-corrected chi connectivity index (χ2v) is 5.97. The summed E-state index contributed by atoms with van der Waals surface area (Å²) in [5.74, 6) is -0.102. The Morgan fingerprint density at radius 1 is 1.32 bits per heavy atom. The van der Waals surface area contributed by atoms with Gasteiger partial charge >= 0.3 is 0 Å². The zero-order valence-electron chi connectivity index (χ0n) is 13.7. The minimum absolute atomic E-state index is 0.0895. The largest absolute Gasteiger partial charge is 0.366 e. The summed E-state index contributed by atoms with van der Waals surface area (Å²) in [6, 6.07) is 5.75. The number of hydrogen-bond donors (Lipinski definition) is 1. The van der Waals surface area contributed by atoms with Crippen molar-refractivity contribution in [2.24, 2.45) is 0 Å². The van der Waals surface area contributed by atoms with Gasteiger partial charge in [0, 0.05) is 45.7 Å². The van der Waals surface area contributed by atoms with Crippen LogP contribution in [0.3, 0.4) is 0 Å². The van der Waals surface area contributed by atoms with E-state index in [0.29, 0.717) is 37.9 Å². The quantitative estimate of drug-likeness (QED) is 0.907. The van der Waals surface area contributed by atoms with Crippen molar-refractivity contribution in [2.45, 2.75) is 39.8 Å². The SMILES string of the molecule is CCC(C)NCc1ccc(F)c(N2CCN(C(C)=O)CC2)c1. The van der Waals surface area contributed by atoms with E-state index >= 15 is 0 Å². The summed E-state index contributed by atoms with van der Waals surface area (Å²) in [7, 11) is 0. The normalized spacial score (nSPS) is 16.7. The van der Waals surface area contributed by atoms with Gasteiger partial charge in [0.1, 0.15) is 5.82 Å². The maximum atomic E-state index is 14.1. The molecular weight excluding hydrogens is 281 g/mol. The van der Waals surface area contributed by atoms with E-state index in [0.717, 1.165) is 18.5 Å². The molecule has 1 aliphatic heterocycles. The van der Waals surface area contributed by atoms with Crippen molar-refractivity contribution < 1.29 is 9.18 Å². The lowest BCUT2D eigenvalue weighted by molar-refractivity contribution is -0.129. The minimum Gasteiger partial charge on any atom is -0.366 e. The molecule has 0 radical (unpaired) electrons. The summed E-state index contributed by atoms with van der Waals surface area (Å²) in [5, 5.41) is 3.43. The van der Waals surface area contributed by atoms with Crippen LogP contribution in [-0.2, 0) is 11.3 Å². The highest BCUT2D eigenvalue weighted by molar-refractivity contribution is 5.73. The predicted octanol–water partition coefficient (Wildman–Crippen LogP) is 2.38. The van der Waals surface area contributed by atoms with E-state index in [1.54, 1.807) is 13.0 Å². The van der Waals surface area contributed by atoms with E-state index in [2.05, 4.69) is 19.2 Å². The Bertz CT molecular complexity index is 513. The number of nitrogens with zero attached hydrogens (tertiary/aromatic N) is 2. The van der Waals surface area contributed by atoms with Gasteiger partial charge in [0.2, 0.25) is 5.91 Å². The van der Waals surface area contributed by atoms with Crippen LogP contribution >= 0.6 is 0 Å². The van der Waals surface area contributed by atoms with E-state index < -0.39 is 0 Å². The lowest BCUT2D eigenvalue weighted by Gasteiger charge is -2.36. The van der Waals surface area contributed by atoms with Gasteiger partial charge in [-0.3, -0.25) is 4.79 Å². The van der Waals surface area contributed by atoms with Crippen LogP contribution in [0.15, 0.2) is 18.2 Å². The van der Waals surface area contributed by atoms with Gasteiger partial charge < -0.3 is 15.1 Å². The van der Waals surface area contributed by atoms with Gasteiger partial charge in [-0.05, 0) is 31.0 Å². The number of anilines is 1. The molecule has 0 aliphatic carbocycles. The van der Waals surface area contributed by atoms with Crippen molar-refractivity contribution in [3.63, 3.8) is 0 Å². The van der Waals surface area contributed by atoms with Gasteiger partial charge in [-0.1, -0.05) is 13.0 Å². The molecular formula is C17H26FN3O. The molecule has 1 aromatic rings. The van der Waals surface area contributed by atoms with Gasteiger partial charge in [-0.15, -0.1) is 0 Å². The number of carbonyl (C=O) groups excluding carboxylic acids is 1. The van der Waals surface area contributed by atoms with Gasteiger partial charge in [-0.25, -0.2) is 4.39 Å². The molecule has 0 saturated carbocycles. The Balaban J connectivity index is 2.03. The van der Waals surface area contributed by atoms with Crippen molar-refractivity contribution in [3.8, 4) is 0 Å². The van der Waals surface area contributed by atoms with Gasteiger partial charge in [0.15, 0.2) is 0 Å². The molecule has 0 spiro atoms. The summed E-state index contributed by atoms with van der Waals surface area (Å²) in [5.41, 5.74) is 1.73. The summed E-state index contributed by atoms with van der Waals surface area (Å²) < 4.78 is 14.1. The van der Waals surface area contributed by atoms with Crippen LogP contribution in [0.1, 0.15) is 32.8 Å². The first-order valence-corrected chi connectivity index (χ1v) is 8.03. The van der Waals surface area contributed by atoms with Crippen molar-refractivity contribution in [1.29, 1.82) is 0 Å². The first-order valence-electron chi connectivity index (χ1n) is 8.03. The average molecular weight is 307 g/mol. The molecule has 22 heavy (non-hydrogen) atoms. The van der Waals surface area contributed by atoms with Crippen LogP contribution in [0.4, 0.5) is 10.1 Å². The molecule has 1 aliphatic rings. The molecule has 2 rings (SSSR count). The van der Waals surface area contributed by atoms with Crippen LogP contribution in [0, 0.1) is 5.82 Å². The van der Waals surface area contributed by atoms with E-state index in [4.69, 9.17) is 0 Å². The molecule has 1 saturated heterocycles. The molecule has 0 aromatic heterocycles. The van der Waals surface area contributed by atoms with E-state index in [1.807, 2.05) is 21.9 Å². The maximum absolute atomic E-state index is 14.1. The van der Waals surface area contributed by atoms with Gasteiger partial charge in [0.05, 0.1) is 5.69 Å². The standard InChI is InChI=1S/C17H26FN3O/c1-4-13(2)19-12-15-5-6-16(18)17(11-15)21-9-7-20(8-10-21)14(3)22/h5-6,11,13,19H,4,7-10,12H2,1-3H3. The second-order valence-electron chi connectivity index (χ2n) is 5.97. The van der Waals surface area contributed by atoms with Crippen LogP contribution in [0.25, 0.3) is 0 Å². The molecule has 1 amide bonds. The zero-order valence-corrected chi connectivity index (χ0v) is 13.7. The van der Waals surface area contributed by atoms with Crippen molar-refractivity contribution in [2.75, 3.05) is 31.1 Å². The fourth-order valence-electron chi connectivity index (χ4n) is 2.61. The fraction of sp³-hybridized carbons (Fsp3) is 0.588. The predicted molar refractivity (Wildman–Crippen MR) is 87.5 cm³/mol. The van der Waals surface area contributed by atoms with Crippen molar-refractivity contribution in [1.82, 2.24) is 10.2 Å². The zero-order chi connectivity index (χ0) is 16.1. The number of nitrogens with one attached hydrogen (secondary N) is 1. The molecule has 122 valence electrons.